The molecule has 4 fully saturated rings. The highest BCUT2D eigenvalue weighted by Gasteiger charge is 2.44. The smallest absolute Gasteiger partial charge is 0.337 e. The van der Waals surface area contributed by atoms with Gasteiger partial charge >= 0.3 is 5.97 Å². The van der Waals surface area contributed by atoms with Crippen molar-refractivity contribution in [2.75, 3.05) is 64.3 Å². The fraction of sp³-hybridized carbons (Fsp3) is 0.505. The van der Waals surface area contributed by atoms with Crippen LogP contribution in [0.25, 0.3) is 74.8 Å². The molecule has 0 radical (unpaired) electrons. The molecule has 0 spiro atoms. The van der Waals surface area contributed by atoms with Gasteiger partial charge in [0.05, 0.1) is 62.1 Å². The number of carbonyl (C=O) groups excluding carboxylic acids is 1. The number of methoxy groups -OCH3 is 4. The first-order valence-corrected chi connectivity index (χ1v) is 44.7. The van der Waals surface area contributed by atoms with Gasteiger partial charge in [-0.2, -0.15) is 5.10 Å². The molecule has 123 heavy (non-hydrogen) atoms. The minimum atomic E-state index is -0.570. The van der Waals surface area contributed by atoms with E-state index in [4.69, 9.17) is 25.5 Å². The standard InChI is InChI=1S/C24H34N6OS.C24H30N4O3S.C23H28N6OS.C20H27FN4O2S/c1-8-16-11-12-30(27-16)17-9-10-19(20(13-17)31-7)21-25-26-22(32-21)29(6)18-14-23(2,3)28-24(4,5)15-18;1-23(2)13-17(14-24(3,4)27-23)31-22-26-25-21(32-22)18-8-7-15(11-19(18)30-6)16-9-10-28(5)20(29)12-16;1-22(2)12-15(13-23(3,4)28-22)29(6)21-27-26-20(31-21)16-10-14-8-9-19(24-5)25-17(14)11-18(16)30-7;1-19(2)10-13(11-20(3,4)24-19)25(5)18-23-22-16(28-18)14-8-7-12(9-15(14)21)17(26)27-6/h9-13,18,28H,8,14-15H2,1-7H3;7-12,17,27H,13-14H2,1-6H3;8-11,15,28H,12-13H2,1-4,6-7H3;7-9,13,24H,10-11H2,1-6H3. The van der Waals surface area contributed by atoms with E-state index in [1.54, 1.807) is 80.0 Å². The Morgan fingerprint density at radius 3 is 1.41 bits per heavy atom. The van der Waals surface area contributed by atoms with Gasteiger partial charge in [0.2, 0.25) is 15.4 Å². The average Bonchev–Trinajstić information content (AvgIpc) is 1.73. The number of nitrogens with one attached hydrogen (secondary N) is 4. The summed E-state index contributed by atoms with van der Waals surface area (Å²) in [6, 6.07) is 30.3. The molecule has 4 aromatic carbocycles. The lowest BCUT2D eigenvalue weighted by Gasteiger charge is -2.48. The number of esters is 1. The van der Waals surface area contributed by atoms with Crippen LogP contribution in [0.2, 0.25) is 0 Å². The molecule has 11 aromatic rings. The van der Waals surface area contributed by atoms with Crippen molar-refractivity contribution < 1.29 is 32.9 Å². The van der Waals surface area contributed by atoms with Crippen LogP contribution in [0.4, 0.5) is 25.6 Å². The van der Waals surface area contributed by atoms with Crippen molar-refractivity contribution in [1.29, 1.82) is 0 Å². The number of hydrogen-bond donors (Lipinski definition) is 4. The third-order valence-electron chi connectivity index (χ3n) is 22.6. The van der Waals surface area contributed by atoms with E-state index >= 15 is 0 Å². The number of fused-ring (bicyclic) bond motifs is 1. The van der Waals surface area contributed by atoms with Crippen LogP contribution in [-0.4, -0.2) is 184 Å². The number of rotatable bonds is 19. The van der Waals surface area contributed by atoms with Crippen molar-refractivity contribution in [3.05, 3.63) is 148 Å². The van der Waals surface area contributed by atoms with Gasteiger partial charge < -0.3 is 69.1 Å². The van der Waals surface area contributed by atoms with Crippen LogP contribution in [0.1, 0.15) is 185 Å². The molecule has 4 N–H and O–H groups in total. The van der Waals surface area contributed by atoms with E-state index in [0.717, 1.165) is 144 Å². The number of halogens is 1. The maximum atomic E-state index is 14.5. The summed E-state index contributed by atoms with van der Waals surface area (Å²) in [6.07, 6.45) is 12.7. The minimum Gasteiger partial charge on any atom is -0.496 e. The van der Waals surface area contributed by atoms with Crippen molar-refractivity contribution in [3.8, 4) is 81.5 Å². The number of aryl methyl sites for hydroxylation is 2. The van der Waals surface area contributed by atoms with E-state index in [1.807, 2.05) is 84.7 Å². The predicted molar refractivity (Wildman–Crippen MR) is 494 cm³/mol. The number of ether oxygens (including phenoxy) is 5. The van der Waals surface area contributed by atoms with Crippen molar-refractivity contribution in [2.45, 2.75) is 244 Å². The predicted octanol–water partition coefficient (Wildman–Crippen LogP) is 17.9. The monoisotopic (exact) mass is 1750 g/mol. The highest BCUT2D eigenvalue weighted by molar-refractivity contribution is 7.19. The van der Waals surface area contributed by atoms with Crippen LogP contribution in [0.5, 0.6) is 22.4 Å². The Balaban J connectivity index is 0.000000150. The zero-order valence-electron chi connectivity index (χ0n) is 75.6. The molecule has 0 atom stereocenters. The van der Waals surface area contributed by atoms with Gasteiger partial charge in [-0.3, -0.25) is 4.79 Å². The molecule has 11 heterocycles. The van der Waals surface area contributed by atoms with E-state index < -0.39 is 11.8 Å². The average molecular weight is 1750 g/mol. The van der Waals surface area contributed by atoms with Crippen LogP contribution < -0.4 is 60.5 Å². The van der Waals surface area contributed by atoms with Crippen molar-refractivity contribution in [3.63, 3.8) is 0 Å². The molecular weight excluding hydrogens is 1630 g/mol. The Morgan fingerprint density at radius 2 is 0.943 bits per heavy atom. The fourth-order valence-electron chi connectivity index (χ4n) is 18.3. The molecule has 0 aliphatic carbocycles. The summed E-state index contributed by atoms with van der Waals surface area (Å²) in [5.74, 6) is 1.41. The van der Waals surface area contributed by atoms with Crippen LogP contribution in [0.15, 0.2) is 114 Å². The number of benzene rings is 4. The van der Waals surface area contributed by atoms with Crippen LogP contribution in [0.3, 0.4) is 0 Å². The first kappa shape index (κ1) is 92.2. The van der Waals surface area contributed by atoms with Crippen LogP contribution in [0, 0.1) is 12.4 Å². The number of anilines is 3. The fourth-order valence-corrected chi connectivity index (χ4v) is 21.8. The number of nitrogens with zero attached hydrogens (tertiary/aromatic N) is 16. The lowest BCUT2D eigenvalue weighted by Crippen LogP contribution is -2.61. The number of carbonyl (C=O) groups is 1. The molecule has 0 saturated carbocycles. The Hall–Kier alpha value is -9.98. The zero-order chi connectivity index (χ0) is 89.3. The van der Waals surface area contributed by atoms with Crippen LogP contribution in [-0.2, 0) is 18.2 Å². The third kappa shape index (κ3) is 22.8. The van der Waals surface area contributed by atoms with E-state index in [0.29, 0.717) is 51.2 Å². The summed E-state index contributed by atoms with van der Waals surface area (Å²) in [4.78, 5) is 38.1. The lowest BCUT2D eigenvalue weighted by atomic mass is 9.79. The van der Waals surface area contributed by atoms with Gasteiger partial charge in [-0.25, -0.2) is 13.9 Å². The number of piperidine rings is 4. The van der Waals surface area contributed by atoms with Gasteiger partial charge in [0, 0.05) is 145 Å². The molecule has 656 valence electrons. The van der Waals surface area contributed by atoms with Gasteiger partial charge in [0.1, 0.15) is 29.2 Å². The van der Waals surface area contributed by atoms with E-state index in [1.165, 1.54) is 41.9 Å². The summed E-state index contributed by atoms with van der Waals surface area (Å²) in [7, 11) is 14.2. The topological polar surface area (TPSA) is 281 Å². The van der Waals surface area contributed by atoms with E-state index in [-0.39, 0.29) is 61.5 Å². The van der Waals surface area contributed by atoms with Gasteiger partial charge in [-0.1, -0.05) is 76.1 Å². The Labute approximate surface area is 738 Å². The quantitative estimate of drug-likeness (QED) is 0.0432. The molecule has 4 aliphatic heterocycles. The molecule has 32 heteroatoms. The molecule has 27 nitrogen and oxygen atoms in total. The Bertz CT molecular complexity index is 5620. The second-order valence-electron chi connectivity index (χ2n) is 37.8. The summed E-state index contributed by atoms with van der Waals surface area (Å²) >= 11 is 5.94. The molecule has 15 rings (SSSR count). The Kier molecular flexibility index (Phi) is 27.5. The van der Waals surface area contributed by atoms with Crippen molar-refractivity contribution in [2.24, 2.45) is 7.05 Å². The first-order chi connectivity index (χ1) is 57.8. The van der Waals surface area contributed by atoms with Crippen molar-refractivity contribution in [1.82, 2.24) is 81.4 Å². The van der Waals surface area contributed by atoms with Gasteiger partial charge in [0.15, 0.2) is 25.5 Å². The third-order valence-corrected chi connectivity index (χ3v) is 26.6. The second kappa shape index (κ2) is 36.7. The van der Waals surface area contributed by atoms with Gasteiger partial charge in [-0.05, 0) is 234 Å². The second-order valence-corrected chi connectivity index (χ2v) is 41.6. The van der Waals surface area contributed by atoms with Gasteiger partial charge in [0.25, 0.3) is 16.6 Å². The molecule has 4 saturated heterocycles. The van der Waals surface area contributed by atoms with Crippen molar-refractivity contribution >= 4 is 83.4 Å². The molecule has 0 amide bonds. The zero-order valence-corrected chi connectivity index (χ0v) is 78.9. The minimum absolute atomic E-state index is 0.00255. The van der Waals surface area contributed by atoms with Gasteiger partial charge in [-0.15, -0.1) is 40.7 Å². The maximum absolute atomic E-state index is 14.5. The highest BCUT2D eigenvalue weighted by Crippen LogP contribution is 2.45. The normalized spacial score (nSPS) is 18.1. The Morgan fingerprint density at radius 1 is 0.504 bits per heavy atom. The molecular formula is C91H119FN20O7S4. The summed E-state index contributed by atoms with van der Waals surface area (Å²) in [5.41, 5.74) is 7.95. The summed E-state index contributed by atoms with van der Waals surface area (Å²) in [5, 5.41) is 61.6. The molecule has 4 aliphatic rings. The molecule has 0 unspecified atom stereocenters. The van der Waals surface area contributed by atoms with Crippen LogP contribution >= 0.6 is 45.3 Å². The van der Waals surface area contributed by atoms with E-state index in [2.05, 4.69) is 228 Å². The SMILES string of the molecule is CCc1ccn(-c2ccc(-c3nnc(N(C)C4CC(C)(C)NC(C)(C)C4)s3)c(OC)c2)n1.COC(=O)c1ccc(-c2nnc(N(C)C3CC(C)(C)NC(C)(C)C3)s2)c(F)c1.COc1cc(-c2ccn(C)c(=O)c2)ccc1-c1nnc(OC2CC(C)(C)NC(C)(C)C2)s1.[C-]#[N+]c1ccc2cc(-c3nnc(N(C)C4CC(C)(C)NC(C)(C)C4)s3)c(OC)cc2n1. The first-order valence-electron chi connectivity index (χ1n) is 41.5. The highest BCUT2D eigenvalue weighted by atomic mass is 32.1. The number of pyridine rings is 2. The number of hydrogen-bond acceptors (Lipinski definition) is 28. The van der Waals surface area contributed by atoms with E-state index in [9.17, 15) is 14.0 Å². The number of aromatic nitrogens is 12. The maximum Gasteiger partial charge on any atom is 0.337 e. The summed E-state index contributed by atoms with van der Waals surface area (Å²) < 4.78 is 45.8. The summed E-state index contributed by atoms with van der Waals surface area (Å²) in [6.45, 7) is 45.0. The largest absolute Gasteiger partial charge is 0.496 e. The molecule has 7 aromatic heterocycles. The molecule has 0 bridgehead atoms. The lowest BCUT2D eigenvalue weighted by molar-refractivity contribution is 0.0551.